The van der Waals surface area contributed by atoms with Crippen LogP contribution in [0.1, 0.15) is 32.6 Å². The Kier molecular flexibility index (Phi) is 6.25. The molecule has 134 valence electrons. The smallest absolute Gasteiger partial charge is 0.230 e. The monoisotopic (exact) mass is 380 g/mol. The lowest BCUT2D eigenvalue weighted by Gasteiger charge is -2.29. The van der Waals surface area contributed by atoms with E-state index >= 15 is 0 Å². The highest BCUT2D eigenvalue weighted by molar-refractivity contribution is 8.01. The van der Waals surface area contributed by atoms with E-state index in [0.29, 0.717) is 26.8 Å². The van der Waals surface area contributed by atoms with Gasteiger partial charge >= 0.3 is 0 Å². The number of aromatic nitrogens is 2. The number of para-hydroxylation sites is 1. The standard InChI is InChI=1S/C17H21FN4OS2/c1-11-6-2-4-8-13(11)19-15(23)10-24-17-22-21-16(25-17)20-14-9-5-3-7-12(14)18/h3,5,7,9,11,13H,2,4,6,8,10H2,1H3,(H,19,23)(H,20,21). The minimum atomic E-state index is -0.340. The minimum Gasteiger partial charge on any atom is -0.352 e. The molecule has 1 fully saturated rings. The van der Waals surface area contributed by atoms with Gasteiger partial charge in [-0.25, -0.2) is 4.39 Å². The highest BCUT2D eigenvalue weighted by atomic mass is 32.2. The third-order valence-electron chi connectivity index (χ3n) is 4.31. The van der Waals surface area contributed by atoms with Gasteiger partial charge in [0.2, 0.25) is 11.0 Å². The first-order valence-corrected chi connectivity index (χ1v) is 10.2. The molecule has 1 heterocycles. The van der Waals surface area contributed by atoms with Crippen LogP contribution in [0.15, 0.2) is 28.6 Å². The van der Waals surface area contributed by atoms with Crippen LogP contribution in [0, 0.1) is 11.7 Å². The van der Waals surface area contributed by atoms with Gasteiger partial charge in [0.05, 0.1) is 11.4 Å². The van der Waals surface area contributed by atoms with Crippen molar-refractivity contribution in [1.29, 1.82) is 0 Å². The Hall–Kier alpha value is -1.67. The summed E-state index contributed by atoms with van der Waals surface area (Å²) in [4.78, 5) is 12.1. The summed E-state index contributed by atoms with van der Waals surface area (Å²) in [5.41, 5.74) is 0.360. The van der Waals surface area contributed by atoms with E-state index in [0.717, 1.165) is 6.42 Å². The zero-order valence-electron chi connectivity index (χ0n) is 14.0. The molecule has 1 saturated carbocycles. The molecule has 3 rings (SSSR count). The van der Waals surface area contributed by atoms with Crippen LogP contribution in [0.3, 0.4) is 0 Å². The van der Waals surface area contributed by atoms with Gasteiger partial charge in [-0.3, -0.25) is 4.79 Å². The minimum absolute atomic E-state index is 0.0302. The molecule has 0 saturated heterocycles. The number of carbonyl (C=O) groups is 1. The van der Waals surface area contributed by atoms with Crippen LogP contribution < -0.4 is 10.6 Å². The highest BCUT2D eigenvalue weighted by Crippen LogP contribution is 2.29. The number of nitrogens with one attached hydrogen (secondary N) is 2. The summed E-state index contributed by atoms with van der Waals surface area (Å²) >= 11 is 2.66. The van der Waals surface area contributed by atoms with Crippen LogP contribution in [0.2, 0.25) is 0 Å². The van der Waals surface area contributed by atoms with Crippen molar-refractivity contribution in [2.45, 2.75) is 43.0 Å². The van der Waals surface area contributed by atoms with E-state index < -0.39 is 0 Å². The van der Waals surface area contributed by atoms with Gasteiger partial charge in [0.15, 0.2) is 4.34 Å². The van der Waals surface area contributed by atoms with Crippen LogP contribution in [-0.4, -0.2) is 27.9 Å². The summed E-state index contributed by atoms with van der Waals surface area (Å²) in [5.74, 6) is 0.550. The molecule has 2 atom stereocenters. The van der Waals surface area contributed by atoms with E-state index in [9.17, 15) is 9.18 Å². The van der Waals surface area contributed by atoms with Crippen LogP contribution in [0.25, 0.3) is 0 Å². The zero-order chi connectivity index (χ0) is 17.6. The maximum absolute atomic E-state index is 13.6. The Balaban J connectivity index is 1.48. The van der Waals surface area contributed by atoms with Crippen molar-refractivity contribution in [2.24, 2.45) is 5.92 Å². The number of nitrogens with zero attached hydrogens (tertiary/aromatic N) is 2. The van der Waals surface area contributed by atoms with Gasteiger partial charge in [0.1, 0.15) is 5.82 Å². The molecule has 8 heteroatoms. The van der Waals surface area contributed by atoms with E-state index in [1.807, 2.05) is 0 Å². The van der Waals surface area contributed by atoms with E-state index in [-0.39, 0.29) is 17.8 Å². The Morgan fingerprint density at radius 2 is 2.12 bits per heavy atom. The van der Waals surface area contributed by atoms with Gasteiger partial charge in [-0.05, 0) is 30.9 Å². The molecule has 2 aromatic rings. The lowest BCUT2D eigenvalue weighted by molar-refractivity contribution is -0.119. The Bertz CT molecular complexity index is 724. The third-order valence-corrected chi connectivity index (χ3v) is 6.28. The molecule has 0 bridgehead atoms. The fourth-order valence-electron chi connectivity index (χ4n) is 2.90. The van der Waals surface area contributed by atoms with E-state index in [4.69, 9.17) is 0 Å². The van der Waals surface area contributed by atoms with Gasteiger partial charge < -0.3 is 10.6 Å². The largest absolute Gasteiger partial charge is 0.352 e. The fraction of sp³-hybridized carbons (Fsp3) is 0.471. The highest BCUT2D eigenvalue weighted by Gasteiger charge is 2.22. The van der Waals surface area contributed by atoms with Crippen LogP contribution >= 0.6 is 23.1 Å². The second-order valence-corrected chi connectivity index (χ2v) is 8.40. The van der Waals surface area contributed by atoms with Crippen molar-refractivity contribution in [3.8, 4) is 0 Å². The van der Waals surface area contributed by atoms with Gasteiger partial charge in [-0.2, -0.15) is 0 Å². The molecule has 1 aromatic heterocycles. The molecule has 0 spiro atoms. The number of rotatable bonds is 6. The number of benzene rings is 1. The van der Waals surface area contributed by atoms with E-state index in [1.165, 1.54) is 48.4 Å². The Morgan fingerprint density at radius 1 is 1.32 bits per heavy atom. The predicted molar refractivity (Wildman–Crippen MR) is 99.9 cm³/mol. The maximum Gasteiger partial charge on any atom is 0.230 e. The second kappa shape index (κ2) is 8.62. The molecule has 5 nitrogen and oxygen atoms in total. The number of halogens is 1. The van der Waals surface area contributed by atoms with Gasteiger partial charge in [0.25, 0.3) is 0 Å². The molecule has 0 aliphatic heterocycles. The van der Waals surface area contributed by atoms with Crippen molar-refractivity contribution in [1.82, 2.24) is 15.5 Å². The summed E-state index contributed by atoms with van der Waals surface area (Å²) in [7, 11) is 0. The lowest BCUT2D eigenvalue weighted by atomic mass is 9.86. The summed E-state index contributed by atoms with van der Waals surface area (Å²) in [6.07, 6.45) is 4.68. The summed E-state index contributed by atoms with van der Waals surface area (Å²) in [5, 5.41) is 14.6. The average Bonchev–Trinajstić information content (AvgIpc) is 3.05. The van der Waals surface area contributed by atoms with Crippen LogP contribution in [-0.2, 0) is 4.79 Å². The molecular formula is C17H21FN4OS2. The van der Waals surface area contributed by atoms with Crippen LogP contribution in [0.4, 0.5) is 15.2 Å². The molecule has 1 aliphatic rings. The fourth-order valence-corrected chi connectivity index (χ4v) is 4.48. The van der Waals surface area contributed by atoms with Crippen molar-refractivity contribution < 1.29 is 9.18 Å². The summed E-state index contributed by atoms with van der Waals surface area (Å²) < 4.78 is 14.3. The van der Waals surface area contributed by atoms with Gasteiger partial charge in [-0.1, -0.05) is 55.0 Å². The predicted octanol–water partition coefficient (Wildman–Crippen LogP) is 4.21. The Morgan fingerprint density at radius 3 is 2.92 bits per heavy atom. The molecule has 1 aliphatic carbocycles. The second-order valence-electron chi connectivity index (χ2n) is 6.20. The number of anilines is 2. The number of amides is 1. The lowest BCUT2D eigenvalue weighted by Crippen LogP contribution is -2.41. The first-order valence-electron chi connectivity index (χ1n) is 8.39. The Labute approximate surface area is 154 Å². The molecule has 0 radical (unpaired) electrons. The molecule has 1 aromatic carbocycles. The number of hydrogen-bond acceptors (Lipinski definition) is 6. The van der Waals surface area contributed by atoms with Gasteiger partial charge in [-0.15, -0.1) is 10.2 Å². The van der Waals surface area contributed by atoms with E-state index in [1.54, 1.807) is 18.2 Å². The number of carbonyl (C=O) groups excluding carboxylic acids is 1. The molecule has 25 heavy (non-hydrogen) atoms. The normalized spacial score (nSPS) is 20.2. The third kappa shape index (κ3) is 5.15. The molecular weight excluding hydrogens is 359 g/mol. The van der Waals surface area contributed by atoms with Gasteiger partial charge in [0, 0.05) is 6.04 Å². The van der Waals surface area contributed by atoms with Crippen LogP contribution in [0.5, 0.6) is 0 Å². The maximum atomic E-state index is 13.6. The molecule has 2 N–H and O–H groups in total. The quantitative estimate of drug-likeness (QED) is 0.735. The van der Waals surface area contributed by atoms with Crippen molar-refractivity contribution in [3.05, 3.63) is 30.1 Å². The number of hydrogen-bond donors (Lipinski definition) is 2. The van der Waals surface area contributed by atoms with Crippen molar-refractivity contribution >= 4 is 39.8 Å². The average molecular weight is 381 g/mol. The molecule has 2 unspecified atom stereocenters. The summed E-state index contributed by atoms with van der Waals surface area (Å²) in [6.45, 7) is 2.20. The summed E-state index contributed by atoms with van der Waals surface area (Å²) in [6, 6.07) is 6.69. The van der Waals surface area contributed by atoms with Crippen molar-refractivity contribution in [3.63, 3.8) is 0 Å². The number of thioether (sulfide) groups is 1. The van der Waals surface area contributed by atoms with E-state index in [2.05, 4.69) is 27.8 Å². The van der Waals surface area contributed by atoms with Crippen molar-refractivity contribution in [2.75, 3.05) is 11.1 Å². The molecule has 1 amide bonds. The SMILES string of the molecule is CC1CCCCC1NC(=O)CSc1nnc(Nc2ccccc2F)s1. The first kappa shape index (κ1) is 18.1. The zero-order valence-corrected chi connectivity index (χ0v) is 15.6. The first-order chi connectivity index (χ1) is 12.1. The topological polar surface area (TPSA) is 66.9 Å².